The summed E-state index contributed by atoms with van der Waals surface area (Å²) >= 11 is 3.39. The quantitative estimate of drug-likeness (QED) is 0.672. The zero-order chi connectivity index (χ0) is 14.7. The van der Waals surface area contributed by atoms with Crippen LogP contribution in [0.25, 0.3) is 0 Å². The predicted molar refractivity (Wildman–Crippen MR) is 82.1 cm³/mol. The average Bonchev–Trinajstić information content (AvgIpc) is 2.46. The highest BCUT2D eigenvalue weighted by Gasteiger charge is 2.25. The van der Waals surface area contributed by atoms with Crippen molar-refractivity contribution in [3.05, 3.63) is 26.9 Å². The first-order chi connectivity index (χ1) is 9.52. The fourth-order valence-corrected chi connectivity index (χ4v) is 3.32. The number of rotatable bonds is 4. The fourth-order valence-electron chi connectivity index (χ4n) is 2.70. The van der Waals surface area contributed by atoms with Crippen molar-refractivity contribution < 1.29 is 4.92 Å². The normalized spacial score (nSPS) is 22.6. The lowest BCUT2D eigenvalue weighted by Gasteiger charge is -2.35. The second-order valence-corrected chi connectivity index (χ2v) is 6.02. The van der Waals surface area contributed by atoms with Crippen molar-refractivity contribution in [2.45, 2.75) is 37.8 Å². The summed E-state index contributed by atoms with van der Waals surface area (Å²) in [5.74, 6) is 0.767. The van der Waals surface area contributed by atoms with Gasteiger partial charge in [-0.15, -0.1) is 0 Å². The van der Waals surface area contributed by atoms with E-state index in [0.717, 1.165) is 31.5 Å². The van der Waals surface area contributed by atoms with Gasteiger partial charge in [0.2, 0.25) is 0 Å². The van der Waals surface area contributed by atoms with Crippen LogP contribution >= 0.6 is 15.9 Å². The van der Waals surface area contributed by atoms with Gasteiger partial charge >= 0.3 is 0 Å². The van der Waals surface area contributed by atoms with Gasteiger partial charge in [0.05, 0.1) is 9.40 Å². The minimum absolute atomic E-state index is 0.00733. The lowest BCUT2D eigenvalue weighted by Crippen LogP contribution is -2.40. The first kappa shape index (κ1) is 15.2. The zero-order valence-electron chi connectivity index (χ0n) is 11.7. The Morgan fingerprint density at radius 2 is 2.10 bits per heavy atom. The molecule has 1 fully saturated rings. The largest absolute Gasteiger partial charge is 0.356 e. The SMILES string of the molecule is CNC1CCC(N(C)c2ncc([N+](=O)[O-])cc2Br)CC1. The van der Waals surface area contributed by atoms with Gasteiger partial charge in [0.1, 0.15) is 12.0 Å². The molecule has 1 saturated carbocycles. The van der Waals surface area contributed by atoms with Gasteiger partial charge in [0, 0.05) is 25.2 Å². The number of nitrogens with one attached hydrogen (secondary N) is 1. The van der Waals surface area contributed by atoms with Crippen LogP contribution in [0.4, 0.5) is 11.5 Å². The van der Waals surface area contributed by atoms with E-state index in [1.165, 1.54) is 12.3 Å². The molecule has 1 aliphatic rings. The van der Waals surface area contributed by atoms with Gasteiger partial charge < -0.3 is 10.2 Å². The smallest absolute Gasteiger partial charge is 0.288 e. The molecule has 1 aliphatic carbocycles. The number of halogens is 1. The lowest BCUT2D eigenvalue weighted by molar-refractivity contribution is -0.385. The Morgan fingerprint density at radius 1 is 1.45 bits per heavy atom. The van der Waals surface area contributed by atoms with Gasteiger partial charge in [-0.3, -0.25) is 10.1 Å². The summed E-state index contributed by atoms with van der Waals surface area (Å²) in [6.45, 7) is 0. The maximum Gasteiger partial charge on any atom is 0.288 e. The molecule has 0 radical (unpaired) electrons. The molecule has 1 aromatic rings. The van der Waals surface area contributed by atoms with E-state index in [1.54, 1.807) is 0 Å². The molecule has 6 nitrogen and oxygen atoms in total. The van der Waals surface area contributed by atoms with Crippen LogP contribution in [-0.2, 0) is 0 Å². The highest BCUT2D eigenvalue weighted by atomic mass is 79.9. The molecule has 0 aromatic carbocycles. The summed E-state index contributed by atoms with van der Waals surface area (Å²) in [6.07, 6.45) is 5.82. The minimum Gasteiger partial charge on any atom is -0.356 e. The molecule has 2 rings (SSSR count). The molecule has 0 aliphatic heterocycles. The van der Waals surface area contributed by atoms with Gasteiger partial charge in [-0.25, -0.2) is 4.98 Å². The molecule has 7 heteroatoms. The van der Waals surface area contributed by atoms with Crippen LogP contribution in [0, 0.1) is 10.1 Å². The summed E-state index contributed by atoms with van der Waals surface area (Å²) < 4.78 is 0.671. The topological polar surface area (TPSA) is 71.3 Å². The number of anilines is 1. The number of nitro groups is 1. The zero-order valence-corrected chi connectivity index (χ0v) is 13.3. The van der Waals surface area contributed by atoms with E-state index < -0.39 is 4.92 Å². The van der Waals surface area contributed by atoms with Crippen LogP contribution in [0.15, 0.2) is 16.7 Å². The summed E-state index contributed by atoms with van der Waals surface area (Å²) in [5.41, 5.74) is 0.00733. The van der Waals surface area contributed by atoms with Crippen LogP contribution in [0.5, 0.6) is 0 Å². The van der Waals surface area contributed by atoms with E-state index in [0.29, 0.717) is 16.6 Å². The Kier molecular flexibility index (Phi) is 4.93. The molecule has 0 atom stereocenters. The van der Waals surface area contributed by atoms with Crippen molar-refractivity contribution in [1.29, 1.82) is 0 Å². The van der Waals surface area contributed by atoms with Crippen molar-refractivity contribution in [2.24, 2.45) is 0 Å². The number of hydrogen-bond donors (Lipinski definition) is 1. The number of nitrogens with zero attached hydrogens (tertiary/aromatic N) is 3. The van der Waals surface area contributed by atoms with E-state index in [4.69, 9.17) is 0 Å². The van der Waals surface area contributed by atoms with E-state index >= 15 is 0 Å². The van der Waals surface area contributed by atoms with Gasteiger partial charge in [-0.1, -0.05) is 0 Å². The third kappa shape index (κ3) is 3.27. The maximum absolute atomic E-state index is 10.7. The van der Waals surface area contributed by atoms with Crippen molar-refractivity contribution in [2.75, 3.05) is 19.0 Å². The van der Waals surface area contributed by atoms with E-state index in [-0.39, 0.29) is 5.69 Å². The van der Waals surface area contributed by atoms with Crippen LogP contribution in [0.2, 0.25) is 0 Å². The molecule has 1 heterocycles. The van der Waals surface area contributed by atoms with Crippen molar-refractivity contribution in [3.8, 4) is 0 Å². The first-order valence-electron chi connectivity index (χ1n) is 6.73. The minimum atomic E-state index is -0.431. The van der Waals surface area contributed by atoms with Crippen molar-refractivity contribution >= 4 is 27.4 Å². The molecule has 0 spiro atoms. The summed E-state index contributed by atoms with van der Waals surface area (Å²) in [7, 11) is 4.01. The number of aromatic nitrogens is 1. The standard InChI is InChI=1S/C13H19BrN4O2/c1-15-9-3-5-10(6-4-9)17(2)13-12(14)7-11(8-16-13)18(19)20/h7-10,15H,3-6H2,1-2H3. The monoisotopic (exact) mass is 342 g/mol. The highest BCUT2D eigenvalue weighted by Crippen LogP contribution is 2.31. The third-order valence-electron chi connectivity index (χ3n) is 4.00. The van der Waals surface area contributed by atoms with E-state index in [2.05, 4.69) is 31.1 Å². The Labute approximate surface area is 126 Å². The Balaban J connectivity index is 2.09. The Hall–Kier alpha value is -1.21. The third-order valence-corrected chi connectivity index (χ3v) is 4.59. The maximum atomic E-state index is 10.7. The lowest BCUT2D eigenvalue weighted by atomic mass is 9.90. The second kappa shape index (κ2) is 6.49. The average molecular weight is 343 g/mol. The second-order valence-electron chi connectivity index (χ2n) is 5.16. The van der Waals surface area contributed by atoms with E-state index in [1.807, 2.05) is 14.1 Å². The number of pyridine rings is 1. The molecular formula is C13H19BrN4O2. The Morgan fingerprint density at radius 3 is 2.60 bits per heavy atom. The van der Waals surface area contributed by atoms with Crippen LogP contribution < -0.4 is 10.2 Å². The summed E-state index contributed by atoms with van der Waals surface area (Å²) in [4.78, 5) is 16.7. The highest BCUT2D eigenvalue weighted by molar-refractivity contribution is 9.10. The molecule has 110 valence electrons. The van der Waals surface area contributed by atoms with Gasteiger partial charge in [0.15, 0.2) is 0 Å². The molecule has 0 saturated heterocycles. The van der Waals surface area contributed by atoms with Crippen molar-refractivity contribution in [3.63, 3.8) is 0 Å². The van der Waals surface area contributed by atoms with Gasteiger partial charge in [-0.05, 0) is 48.7 Å². The van der Waals surface area contributed by atoms with Gasteiger partial charge in [0.25, 0.3) is 5.69 Å². The molecule has 0 bridgehead atoms. The number of hydrogen-bond acceptors (Lipinski definition) is 5. The van der Waals surface area contributed by atoms with Crippen molar-refractivity contribution in [1.82, 2.24) is 10.3 Å². The molecular weight excluding hydrogens is 324 g/mol. The molecule has 0 unspecified atom stereocenters. The van der Waals surface area contributed by atoms with Gasteiger partial charge in [-0.2, -0.15) is 0 Å². The first-order valence-corrected chi connectivity index (χ1v) is 7.52. The summed E-state index contributed by atoms with van der Waals surface area (Å²) in [6, 6.07) is 2.55. The molecule has 20 heavy (non-hydrogen) atoms. The van der Waals surface area contributed by atoms with E-state index in [9.17, 15) is 10.1 Å². The summed E-state index contributed by atoms with van der Waals surface area (Å²) in [5, 5.41) is 14.0. The molecule has 0 amide bonds. The predicted octanol–water partition coefficient (Wildman–Crippen LogP) is 2.72. The molecule has 1 aromatic heterocycles. The van der Waals surface area contributed by atoms with Crippen LogP contribution in [0.3, 0.4) is 0 Å². The molecule has 1 N–H and O–H groups in total. The Bertz CT molecular complexity index is 489. The van der Waals surface area contributed by atoms with Crippen LogP contribution in [0.1, 0.15) is 25.7 Å². The fraction of sp³-hybridized carbons (Fsp3) is 0.615. The van der Waals surface area contributed by atoms with Crippen LogP contribution in [-0.4, -0.2) is 36.1 Å².